The molecule has 0 bridgehead atoms. The molecule has 1 aliphatic rings. The third kappa shape index (κ3) is 3.45. The molecule has 1 fully saturated rings. The second-order valence-corrected chi connectivity index (χ2v) is 4.87. The van der Waals surface area contributed by atoms with E-state index >= 15 is 0 Å². The van der Waals surface area contributed by atoms with Gasteiger partial charge in [0.1, 0.15) is 6.54 Å². The van der Waals surface area contributed by atoms with Crippen LogP contribution in [0.5, 0.6) is 0 Å². The molecule has 86 valence electrons. The fourth-order valence-corrected chi connectivity index (χ4v) is 2.29. The molecule has 4 heteroatoms. The zero-order chi connectivity index (χ0) is 11.4. The Hall–Kier alpha value is -0.640. The lowest BCUT2D eigenvalue weighted by Gasteiger charge is -2.31. The standard InChI is InChI=1S/C11H19NO2S/c1-8(2)11(15)12(7-10(13)14)9-5-3-4-6-9/h8-9H,3-7H2,1-2H3,(H,13,14). The van der Waals surface area contributed by atoms with Crippen LogP contribution in [0.4, 0.5) is 0 Å². The van der Waals surface area contributed by atoms with Crippen LogP contribution in [-0.4, -0.2) is 33.6 Å². The largest absolute Gasteiger partial charge is 0.480 e. The molecule has 0 aromatic carbocycles. The van der Waals surface area contributed by atoms with Gasteiger partial charge in [0.05, 0.1) is 4.99 Å². The molecule has 0 saturated heterocycles. The Morgan fingerprint density at radius 2 is 2.00 bits per heavy atom. The molecule has 15 heavy (non-hydrogen) atoms. The molecule has 0 radical (unpaired) electrons. The van der Waals surface area contributed by atoms with E-state index in [2.05, 4.69) is 0 Å². The molecule has 1 saturated carbocycles. The van der Waals surface area contributed by atoms with Crippen LogP contribution >= 0.6 is 12.2 Å². The van der Waals surface area contributed by atoms with Gasteiger partial charge in [0.25, 0.3) is 0 Å². The van der Waals surface area contributed by atoms with Gasteiger partial charge in [-0.25, -0.2) is 0 Å². The summed E-state index contributed by atoms with van der Waals surface area (Å²) in [6.45, 7) is 4.10. The Morgan fingerprint density at radius 1 is 1.47 bits per heavy atom. The second kappa shape index (κ2) is 5.45. The molecular formula is C11H19NO2S. The number of rotatable bonds is 4. The first-order valence-corrected chi connectivity index (χ1v) is 5.95. The van der Waals surface area contributed by atoms with Crippen LogP contribution in [0.15, 0.2) is 0 Å². The summed E-state index contributed by atoms with van der Waals surface area (Å²) in [6.07, 6.45) is 4.56. The van der Waals surface area contributed by atoms with Crippen LogP contribution in [0.1, 0.15) is 39.5 Å². The molecule has 1 aliphatic carbocycles. The summed E-state index contributed by atoms with van der Waals surface area (Å²) < 4.78 is 0. The molecular weight excluding hydrogens is 210 g/mol. The molecule has 1 rings (SSSR count). The number of carboxylic acids is 1. The van der Waals surface area contributed by atoms with Crippen molar-refractivity contribution in [2.75, 3.05) is 6.54 Å². The highest BCUT2D eigenvalue weighted by molar-refractivity contribution is 7.80. The molecule has 0 heterocycles. The third-order valence-corrected chi connectivity index (χ3v) is 3.55. The van der Waals surface area contributed by atoms with Gasteiger partial charge in [-0.05, 0) is 12.8 Å². The second-order valence-electron chi connectivity index (χ2n) is 4.45. The molecule has 3 nitrogen and oxygen atoms in total. The van der Waals surface area contributed by atoms with E-state index in [0.29, 0.717) is 6.04 Å². The van der Waals surface area contributed by atoms with Crippen LogP contribution < -0.4 is 0 Å². The van der Waals surface area contributed by atoms with Crippen molar-refractivity contribution < 1.29 is 9.90 Å². The van der Waals surface area contributed by atoms with Crippen molar-refractivity contribution in [3.8, 4) is 0 Å². The summed E-state index contributed by atoms with van der Waals surface area (Å²) >= 11 is 5.32. The molecule has 0 aromatic rings. The van der Waals surface area contributed by atoms with Crippen molar-refractivity contribution in [2.45, 2.75) is 45.6 Å². The van der Waals surface area contributed by atoms with Gasteiger partial charge in [0.15, 0.2) is 0 Å². The average molecular weight is 229 g/mol. The van der Waals surface area contributed by atoms with Gasteiger partial charge in [0, 0.05) is 12.0 Å². The summed E-state index contributed by atoms with van der Waals surface area (Å²) in [5.74, 6) is -0.537. The highest BCUT2D eigenvalue weighted by Crippen LogP contribution is 2.25. The normalized spacial score (nSPS) is 17.0. The highest BCUT2D eigenvalue weighted by Gasteiger charge is 2.27. The average Bonchev–Trinajstić information content (AvgIpc) is 2.65. The Labute approximate surface area is 96.5 Å². The van der Waals surface area contributed by atoms with E-state index in [4.69, 9.17) is 17.3 Å². The Morgan fingerprint density at radius 3 is 2.40 bits per heavy atom. The Bertz CT molecular complexity index is 247. The third-order valence-electron chi connectivity index (χ3n) is 2.85. The van der Waals surface area contributed by atoms with Gasteiger partial charge in [-0.15, -0.1) is 0 Å². The SMILES string of the molecule is CC(C)C(=S)N(CC(=O)O)C1CCCC1. The number of aliphatic carboxylic acids is 1. The van der Waals surface area contributed by atoms with E-state index in [0.717, 1.165) is 17.8 Å². The summed E-state index contributed by atoms with van der Waals surface area (Å²) in [5.41, 5.74) is 0. The maximum absolute atomic E-state index is 10.8. The molecule has 1 N–H and O–H groups in total. The zero-order valence-electron chi connectivity index (χ0n) is 9.40. The first kappa shape index (κ1) is 12.4. The smallest absolute Gasteiger partial charge is 0.323 e. The van der Waals surface area contributed by atoms with Crippen LogP contribution in [-0.2, 0) is 4.79 Å². The maximum Gasteiger partial charge on any atom is 0.323 e. The molecule has 0 aromatic heterocycles. The van der Waals surface area contributed by atoms with E-state index in [1.54, 1.807) is 0 Å². The van der Waals surface area contributed by atoms with Crippen molar-refractivity contribution in [3.63, 3.8) is 0 Å². The van der Waals surface area contributed by atoms with Gasteiger partial charge in [0.2, 0.25) is 0 Å². The van der Waals surface area contributed by atoms with Gasteiger partial charge in [-0.2, -0.15) is 0 Å². The first-order chi connectivity index (χ1) is 7.02. The summed E-state index contributed by atoms with van der Waals surface area (Å²) in [4.78, 5) is 13.5. The first-order valence-electron chi connectivity index (χ1n) is 5.54. The minimum absolute atomic E-state index is 0.0572. The number of hydrogen-bond donors (Lipinski definition) is 1. The summed E-state index contributed by atoms with van der Waals surface area (Å²) in [7, 11) is 0. The van der Waals surface area contributed by atoms with Crippen molar-refractivity contribution in [1.29, 1.82) is 0 Å². The number of thiocarbonyl (C=S) groups is 1. The molecule has 0 amide bonds. The molecule has 0 aliphatic heterocycles. The number of carboxylic acid groups (broad SMARTS) is 1. The van der Waals surface area contributed by atoms with Crippen LogP contribution in [0.2, 0.25) is 0 Å². The molecule has 0 atom stereocenters. The fraction of sp³-hybridized carbons (Fsp3) is 0.818. The van der Waals surface area contributed by atoms with Crippen molar-refractivity contribution in [1.82, 2.24) is 4.90 Å². The van der Waals surface area contributed by atoms with Crippen LogP contribution in [0.3, 0.4) is 0 Å². The predicted octanol–water partition coefficient (Wildman–Crippen LogP) is 2.30. The monoisotopic (exact) mass is 229 g/mol. The minimum atomic E-state index is -0.787. The van der Waals surface area contributed by atoms with Gasteiger partial charge >= 0.3 is 5.97 Å². The summed E-state index contributed by atoms with van der Waals surface area (Å²) in [6, 6.07) is 0.357. The van der Waals surface area contributed by atoms with E-state index in [-0.39, 0.29) is 12.5 Å². The summed E-state index contributed by atoms with van der Waals surface area (Å²) in [5, 5.41) is 8.87. The van der Waals surface area contributed by atoms with Crippen molar-refractivity contribution >= 4 is 23.2 Å². The number of nitrogens with zero attached hydrogens (tertiary/aromatic N) is 1. The van der Waals surface area contributed by atoms with E-state index in [1.165, 1.54) is 12.8 Å². The minimum Gasteiger partial charge on any atom is -0.480 e. The Balaban J connectivity index is 2.67. The quantitative estimate of drug-likeness (QED) is 0.751. The lowest BCUT2D eigenvalue weighted by atomic mass is 10.1. The van der Waals surface area contributed by atoms with E-state index < -0.39 is 5.97 Å². The molecule has 0 unspecified atom stereocenters. The van der Waals surface area contributed by atoms with Crippen molar-refractivity contribution in [2.24, 2.45) is 5.92 Å². The Kier molecular flexibility index (Phi) is 4.51. The number of hydrogen-bond acceptors (Lipinski definition) is 2. The topological polar surface area (TPSA) is 40.5 Å². The lowest BCUT2D eigenvalue weighted by Crippen LogP contribution is -2.43. The zero-order valence-corrected chi connectivity index (χ0v) is 10.2. The molecule has 0 spiro atoms. The van der Waals surface area contributed by atoms with E-state index in [9.17, 15) is 4.79 Å². The maximum atomic E-state index is 10.8. The highest BCUT2D eigenvalue weighted by atomic mass is 32.1. The van der Waals surface area contributed by atoms with Crippen LogP contribution in [0, 0.1) is 5.92 Å². The van der Waals surface area contributed by atoms with Gasteiger partial charge < -0.3 is 10.0 Å². The van der Waals surface area contributed by atoms with Crippen molar-refractivity contribution in [3.05, 3.63) is 0 Å². The fourth-order valence-electron chi connectivity index (χ4n) is 2.08. The van der Waals surface area contributed by atoms with E-state index in [1.807, 2.05) is 18.7 Å². The lowest BCUT2D eigenvalue weighted by molar-refractivity contribution is -0.137. The van der Waals surface area contributed by atoms with Gasteiger partial charge in [-0.1, -0.05) is 38.9 Å². The van der Waals surface area contributed by atoms with Crippen LogP contribution in [0.25, 0.3) is 0 Å². The predicted molar refractivity (Wildman–Crippen MR) is 64.0 cm³/mol. The van der Waals surface area contributed by atoms with Gasteiger partial charge in [-0.3, -0.25) is 4.79 Å². The number of carbonyl (C=O) groups is 1.